The fourth-order valence-corrected chi connectivity index (χ4v) is 5.98. The zero-order valence-corrected chi connectivity index (χ0v) is 26.3. The van der Waals surface area contributed by atoms with E-state index in [9.17, 15) is 22.0 Å². The number of nitrogen functional groups attached to an aromatic ring is 1. The lowest BCUT2D eigenvalue weighted by Gasteiger charge is -2.21. The fourth-order valence-electron chi connectivity index (χ4n) is 5.48. The normalized spacial score (nSPS) is 11.7. The molecule has 2 aromatic heterocycles. The minimum atomic E-state index is -3.79. The van der Waals surface area contributed by atoms with Gasteiger partial charge in [-0.2, -0.15) is 0 Å². The summed E-state index contributed by atoms with van der Waals surface area (Å²) in [6, 6.07) is 17.0. The SMILES string of the molecule is CNC(=O)c1c(-c2ccc(C)cc2)oc2cc(N(C)S(C)(=O)=O)c(-c3cc(OC)c4nc(N)n(-c5cc(F)cc(F)c5)c4c3)cc12. The number of furan rings is 1. The van der Waals surface area contributed by atoms with Gasteiger partial charge in [0.1, 0.15) is 34.2 Å². The standard InChI is InChI=1S/C33H29F2N5O5S/c1-17-6-8-18(9-7-17)31-29(32(41)37-2)24-15-23(25(16-27(24)45-31)39(3)46(5,42)43)19-10-26-30(28(11-19)44-4)38-33(36)40(26)22-13-20(34)12-21(35)14-22/h6-16H,1-5H3,(H2,36,38)(H,37,41). The van der Waals surface area contributed by atoms with Gasteiger partial charge in [-0.3, -0.25) is 13.7 Å². The summed E-state index contributed by atoms with van der Waals surface area (Å²) in [6.45, 7) is 1.94. The van der Waals surface area contributed by atoms with Crippen molar-refractivity contribution in [1.82, 2.24) is 14.9 Å². The van der Waals surface area contributed by atoms with Gasteiger partial charge in [-0.25, -0.2) is 22.2 Å². The molecule has 0 atom stereocenters. The molecule has 46 heavy (non-hydrogen) atoms. The Morgan fingerprint density at radius 3 is 2.30 bits per heavy atom. The molecule has 0 aliphatic rings. The number of anilines is 2. The van der Waals surface area contributed by atoms with Crippen LogP contribution in [0.3, 0.4) is 0 Å². The van der Waals surface area contributed by atoms with E-state index in [1.54, 1.807) is 24.3 Å². The van der Waals surface area contributed by atoms with Crippen molar-refractivity contribution in [3.8, 4) is 33.9 Å². The number of fused-ring (bicyclic) bond motifs is 2. The third-order valence-electron chi connectivity index (χ3n) is 7.80. The monoisotopic (exact) mass is 645 g/mol. The Balaban J connectivity index is 1.70. The van der Waals surface area contributed by atoms with Crippen LogP contribution >= 0.6 is 0 Å². The van der Waals surface area contributed by atoms with E-state index in [1.807, 2.05) is 31.2 Å². The van der Waals surface area contributed by atoms with E-state index in [2.05, 4.69) is 10.3 Å². The van der Waals surface area contributed by atoms with Crippen LogP contribution in [-0.4, -0.2) is 51.3 Å². The smallest absolute Gasteiger partial charge is 0.255 e. The first-order chi connectivity index (χ1) is 21.8. The number of halogens is 2. The minimum absolute atomic E-state index is 0.0566. The van der Waals surface area contributed by atoms with Gasteiger partial charge >= 0.3 is 0 Å². The molecule has 0 unspecified atom stereocenters. The molecule has 1 amide bonds. The second-order valence-corrected chi connectivity index (χ2v) is 12.8. The molecule has 0 saturated heterocycles. The third-order valence-corrected chi connectivity index (χ3v) is 8.99. The van der Waals surface area contributed by atoms with Crippen molar-refractivity contribution < 1.29 is 31.1 Å². The maximum Gasteiger partial charge on any atom is 0.255 e. The zero-order valence-electron chi connectivity index (χ0n) is 25.5. The van der Waals surface area contributed by atoms with Crippen LogP contribution in [0.2, 0.25) is 0 Å². The summed E-state index contributed by atoms with van der Waals surface area (Å²) in [5.41, 5.74) is 10.3. The molecule has 0 aliphatic heterocycles. The van der Waals surface area contributed by atoms with Crippen LogP contribution in [0.15, 0.2) is 71.1 Å². The van der Waals surface area contributed by atoms with E-state index in [-0.39, 0.29) is 34.2 Å². The number of ether oxygens (including phenoxy) is 1. The summed E-state index contributed by atoms with van der Waals surface area (Å²) in [7, 11) is 0.542. The summed E-state index contributed by atoms with van der Waals surface area (Å²) in [6.07, 6.45) is 1.06. The molecule has 6 rings (SSSR count). The first kappa shape index (κ1) is 30.6. The maximum atomic E-state index is 14.3. The second kappa shape index (κ2) is 11.2. The molecule has 3 N–H and O–H groups in total. The summed E-state index contributed by atoms with van der Waals surface area (Å²) >= 11 is 0. The summed E-state index contributed by atoms with van der Waals surface area (Å²) in [5.74, 6) is -1.51. The Morgan fingerprint density at radius 1 is 1.02 bits per heavy atom. The first-order valence-electron chi connectivity index (χ1n) is 14.0. The molecule has 0 aliphatic carbocycles. The fraction of sp³-hybridized carbons (Fsp3) is 0.152. The number of hydrogen-bond acceptors (Lipinski definition) is 7. The molecular formula is C33H29F2N5O5S. The van der Waals surface area contributed by atoms with Gasteiger partial charge in [-0.05, 0) is 42.8 Å². The number of sulfonamides is 1. The highest BCUT2D eigenvalue weighted by Crippen LogP contribution is 2.43. The van der Waals surface area contributed by atoms with E-state index in [0.29, 0.717) is 38.9 Å². The van der Waals surface area contributed by atoms with Gasteiger partial charge in [0.25, 0.3) is 5.91 Å². The van der Waals surface area contributed by atoms with Crippen LogP contribution in [0.25, 0.3) is 50.1 Å². The number of hydrogen-bond donors (Lipinski definition) is 2. The first-order valence-corrected chi connectivity index (χ1v) is 15.8. The summed E-state index contributed by atoms with van der Waals surface area (Å²) < 4.78 is 68.7. The van der Waals surface area contributed by atoms with Crippen molar-refractivity contribution in [3.63, 3.8) is 0 Å². The van der Waals surface area contributed by atoms with Crippen molar-refractivity contribution in [2.24, 2.45) is 0 Å². The molecule has 2 heterocycles. The molecule has 0 radical (unpaired) electrons. The van der Waals surface area contributed by atoms with Gasteiger partial charge < -0.3 is 20.2 Å². The van der Waals surface area contributed by atoms with Gasteiger partial charge in [0, 0.05) is 42.7 Å². The number of imidazole rings is 1. The van der Waals surface area contributed by atoms with Crippen LogP contribution in [-0.2, 0) is 10.0 Å². The van der Waals surface area contributed by atoms with Crippen molar-refractivity contribution in [1.29, 1.82) is 0 Å². The number of nitrogens with zero attached hydrogens (tertiary/aromatic N) is 3. The molecule has 236 valence electrons. The number of carbonyl (C=O) groups is 1. The molecule has 6 aromatic rings. The zero-order chi connectivity index (χ0) is 33.1. The Labute approximate surface area is 263 Å². The van der Waals surface area contributed by atoms with Gasteiger partial charge in [-0.15, -0.1) is 0 Å². The third kappa shape index (κ3) is 5.17. The van der Waals surface area contributed by atoms with Crippen LogP contribution in [0.4, 0.5) is 20.4 Å². The van der Waals surface area contributed by atoms with Crippen molar-refractivity contribution in [2.75, 3.05) is 37.5 Å². The molecule has 4 aromatic carbocycles. The Kier molecular flexibility index (Phi) is 7.43. The lowest BCUT2D eigenvalue weighted by atomic mass is 9.97. The number of carbonyl (C=O) groups excluding carboxylic acids is 1. The average molecular weight is 646 g/mol. The van der Waals surface area contributed by atoms with Crippen molar-refractivity contribution in [3.05, 3.63) is 89.5 Å². The van der Waals surface area contributed by atoms with Crippen molar-refractivity contribution in [2.45, 2.75) is 6.92 Å². The summed E-state index contributed by atoms with van der Waals surface area (Å²) in [5, 5.41) is 3.10. The van der Waals surface area contributed by atoms with E-state index in [1.165, 1.54) is 25.8 Å². The Bertz CT molecular complexity index is 2280. The highest BCUT2D eigenvalue weighted by Gasteiger charge is 2.27. The highest BCUT2D eigenvalue weighted by atomic mass is 32.2. The number of rotatable bonds is 7. The van der Waals surface area contributed by atoms with Crippen LogP contribution < -0.4 is 20.1 Å². The molecule has 10 nitrogen and oxygen atoms in total. The number of benzene rings is 4. The minimum Gasteiger partial charge on any atom is -0.494 e. The maximum absolute atomic E-state index is 14.3. The number of nitrogens with two attached hydrogens (primary N) is 1. The topological polar surface area (TPSA) is 133 Å². The number of aryl methyl sites for hydroxylation is 1. The summed E-state index contributed by atoms with van der Waals surface area (Å²) in [4.78, 5) is 17.7. The predicted octanol–water partition coefficient (Wildman–Crippen LogP) is 6.04. The van der Waals surface area contributed by atoms with Crippen LogP contribution in [0, 0.1) is 18.6 Å². The number of aromatic nitrogens is 2. The molecule has 0 saturated carbocycles. The van der Waals surface area contributed by atoms with Gasteiger partial charge in [0.2, 0.25) is 16.0 Å². The van der Waals surface area contributed by atoms with Crippen molar-refractivity contribution >= 4 is 49.6 Å². The van der Waals surface area contributed by atoms with Gasteiger partial charge in [0.05, 0.1) is 35.8 Å². The number of nitrogens with one attached hydrogen (secondary N) is 1. The van der Waals surface area contributed by atoms with Crippen LogP contribution in [0.1, 0.15) is 15.9 Å². The predicted molar refractivity (Wildman–Crippen MR) is 174 cm³/mol. The lowest BCUT2D eigenvalue weighted by Crippen LogP contribution is -2.25. The molecular weight excluding hydrogens is 616 g/mol. The van der Waals surface area contributed by atoms with Gasteiger partial charge in [0.15, 0.2) is 0 Å². The lowest BCUT2D eigenvalue weighted by molar-refractivity contribution is 0.0964. The highest BCUT2D eigenvalue weighted by molar-refractivity contribution is 7.92. The van der Waals surface area contributed by atoms with E-state index < -0.39 is 27.6 Å². The van der Waals surface area contributed by atoms with E-state index in [0.717, 1.165) is 34.3 Å². The molecule has 0 fully saturated rings. The van der Waals surface area contributed by atoms with Gasteiger partial charge in [-0.1, -0.05) is 29.8 Å². The number of amides is 1. The second-order valence-electron chi connectivity index (χ2n) is 10.8. The molecule has 0 bridgehead atoms. The average Bonchev–Trinajstić information content (AvgIpc) is 3.55. The Hall–Kier alpha value is -5.43. The quantitative estimate of drug-likeness (QED) is 0.216. The largest absolute Gasteiger partial charge is 0.494 e. The number of methoxy groups -OCH3 is 1. The Morgan fingerprint density at radius 2 is 1.70 bits per heavy atom. The van der Waals surface area contributed by atoms with E-state index in [4.69, 9.17) is 14.9 Å². The molecule has 0 spiro atoms. The van der Waals surface area contributed by atoms with E-state index >= 15 is 0 Å². The van der Waals surface area contributed by atoms with Crippen LogP contribution in [0.5, 0.6) is 5.75 Å². The molecule has 13 heteroatoms.